The van der Waals surface area contributed by atoms with Crippen LogP contribution < -0.4 is 0 Å². The molecule has 0 bridgehead atoms. The van der Waals surface area contributed by atoms with Crippen molar-refractivity contribution in [1.82, 2.24) is 0 Å². The van der Waals surface area contributed by atoms with Gasteiger partial charge >= 0.3 is 0 Å². The molecule has 2 rings (SSSR count). The fraction of sp³-hybridized carbons (Fsp3) is 0.533. The molecule has 1 heteroatoms. The molecule has 1 nitrogen and oxygen atoms in total. The molecule has 0 unspecified atom stereocenters. The lowest BCUT2D eigenvalue weighted by Crippen LogP contribution is -2.10. The largest absolute Gasteiger partial charge is 0.198 e. The zero-order chi connectivity index (χ0) is 11.4. The lowest BCUT2D eigenvalue weighted by molar-refractivity contribution is 0.348. The summed E-state index contributed by atoms with van der Waals surface area (Å²) in [6.07, 6.45) is 5.93. The van der Waals surface area contributed by atoms with Crippen molar-refractivity contribution in [3.8, 4) is 6.07 Å². The molecule has 1 saturated carbocycles. The average molecular weight is 213 g/mol. The molecule has 0 atom stereocenters. The third kappa shape index (κ3) is 2.64. The second-order valence-electron chi connectivity index (χ2n) is 5.03. The molecule has 0 spiro atoms. The van der Waals surface area contributed by atoms with Crippen molar-refractivity contribution in [2.45, 2.75) is 44.9 Å². The van der Waals surface area contributed by atoms with E-state index in [1.165, 1.54) is 31.2 Å². The maximum atomic E-state index is 8.62. The number of hydrogen-bond donors (Lipinski definition) is 0. The van der Waals surface area contributed by atoms with E-state index in [0.717, 1.165) is 17.4 Å². The lowest BCUT2D eigenvalue weighted by Gasteiger charge is -2.26. The molecular formula is C15H19N. The van der Waals surface area contributed by atoms with E-state index in [1.54, 1.807) is 0 Å². The molecule has 0 heterocycles. The Morgan fingerprint density at radius 1 is 1.12 bits per heavy atom. The zero-order valence-corrected chi connectivity index (χ0v) is 9.95. The standard InChI is InChI=1S/C15H19N/c1-12-2-6-14(7-3-12)15-8-4-13(5-9-15)10-11-16/h4-5,8-9,12,14H,2-3,6-7,10H2,1H3/t12-,14-. The van der Waals surface area contributed by atoms with Crippen LogP contribution in [0.4, 0.5) is 0 Å². The predicted octanol–water partition coefficient (Wildman–Crippen LogP) is 4.05. The van der Waals surface area contributed by atoms with Gasteiger partial charge in [0.2, 0.25) is 0 Å². The summed E-state index contributed by atoms with van der Waals surface area (Å²) in [4.78, 5) is 0. The van der Waals surface area contributed by atoms with Crippen molar-refractivity contribution >= 4 is 0 Å². The molecule has 1 aromatic carbocycles. The van der Waals surface area contributed by atoms with E-state index in [1.807, 2.05) is 0 Å². The monoisotopic (exact) mass is 213 g/mol. The number of nitrogens with zero attached hydrogens (tertiary/aromatic N) is 1. The van der Waals surface area contributed by atoms with Crippen molar-refractivity contribution < 1.29 is 0 Å². The summed E-state index contributed by atoms with van der Waals surface area (Å²) >= 11 is 0. The molecule has 16 heavy (non-hydrogen) atoms. The fourth-order valence-electron chi connectivity index (χ4n) is 2.59. The fourth-order valence-corrected chi connectivity index (χ4v) is 2.59. The van der Waals surface area contributed by atoms with Gasteiger partial charge < -0.3 is 0 Å². The molecule has 0 amide bonds. The van der Waals surface area contributed by atoms with Gasteiger partial charge in [-0.1, -0.05) is 44.0 Å². The van der Waals surface area contributed by atoms with Gasteiger partial charge in [0.25, 0.3) is 0 Å². The second kappa shape index (κ2) is 5.16. The topological polar surface area (TPSA) is 23.8 Å². The summed E-state index contributed by atoms with van der Waals surface area (Å²) in [5, 5.41) is 8.62. The van der Waals surface area contributed by atoms with Gasteiger partial charge in [-0.2, -0.15) is 5.26 Å². The first-order chi connectivity index (χ1) is 7.79. The van der Waals surface area contributed by atoms with E-state index in [0.29, 0.717) is 6.42 Å². The minimum Gasteiger partial charge on any atom is -0.198 e. The quantitative estimate of drug-likeness (QED) is 0.727. The van der Waals surface area contributed by atoms with E-state index < -0.39 is 0 Å². The predicted molar refractivity (Wildman–Crippen MR) is 66.1 cm³/mol. The van der Waals surface area contributed by atoms with Crippen LogP contribution in [0.3, 0.4) is 0 Å². The number of nitriles is 1. The Morgan fingerprint density at radius 3 is 2.31 bits per heavy atom. The molecule has 1 aromatic rings. The van der Waals surface area contributed by atoms with Crippen LogP contribution in [0.1, 0.15) is 49.7 Å². The van der Waals surface area contributed by atoms with Gasteiger partial charge in [-0.05, 0) is 35.8 Å². The van der Waals surface area contributed by atoms with Crippen LogP contribution in [-0.2, 0) is 6.42 Å². The zero-order valence-electron chi connectivity index (χ0n) is 9.95. The number of hydrogen-bond acceptors (Lipinski definition) is 1. The Balaban J connectivity index is 2.02. The van der Waals surface area contributed by atoms with Crippen molar-refractivity contribution in [3.05, 3.63) is 35.4 Å². The summed E-state index contributed by atoms with van der Waals surface area (Å²) in [6.45, 7) is 2.35. The van der Waals surface area contributed by atoms with Gasteiger partial charge in [-0.3, -0.25) is 0 Å². The molecule has 1 aliphatic rings. The van der Waals surface area contributed by atoms with E-state index in [-0.39, 0.29) is 0 Å². The number of rotatable bonds is 2. The van der Waals surface area contributed by atoms with Crippen molar-refractivity contribution in [1.29, 1.82) is 5.26 Å². The third-order valence-electron chi connectivity index (χ3n) is 3.75. The summed E-state index contributed by atoms with van der Waals surface area (Å²) in [5.74, 6) is 1.67. The molecule has 0 aromatic heterocycles. The first-order valence-electron chi connectivity index (χ1n) is 6.25. The van der Waals surface area contributed by atoms with Gasteiger partial charge in [-0.15, -0.1) is 0 Å². The van der Waals surface area contributed by atoms with Crippen molar-refractivity contribution in [2.75, 3.05) is 0 Å². The molecule has 0 N–H and O–H groups in total. The minimum absolute atomic E-state index is 0.530. The molecule has 0 saturated heterocycles. The van der Waals surface area contributed by atoms with Gasteiger partial charge in [0.15, 0.2) is 0 Å². The first kappa shape index (κ1) is 11.2. The van der Waals surface area contributed by atoms with Crippen molar-refractivity contribution in [2.24, 2.45) is 5.92 Å². The van der Waals surface area contributed by atoms with Crippen LogP contribution in [0.5, 0.6) is 0 Å². The lowest BCUT2D eigenvalue weighted by atomic mass is 9.79. The summed E-state index contributed by atoms with van der Waals surface area (Å²) in [5.41, 5.74) is 2.60. The Bertz CT molecular complexity index is 363. The van der Waals surface area contributed by atoms with E-state index in [9.17, 15) is 0 Å². The van der Waals surface area contributed by atoms with Crippen LogP contribution in [0.25, 0.3) is 0 Å². The SMILES string of the molecule is C[C@H]1CC[C@H](c2ccc(CC#N)cc2)CC1. The Kier molecular flexibility index (Phi) is 3.62. The van der Waals surface area contributed by atoms with E-state index >= 15 is 0 Å². The average Bonchev–Trinajstić information content (AvgIpc) is 2.32. The number of benzene rings is 1. The van der Waals surface area contributed by atoms with Crippen LogP contribution in [-0.4, -0.2) is 0 Å². The smallest absolute Gasteiger partial charge is 0.0669 e. The van der Waals surface area contributed by atoms with Crippen LogP contribution in [0.2, 0.25) is 0 Å². The van der Waals surface area contributed by atoms with E-state index in [2.05, 4.69) is 37.3 Å². The van der Waals surface area contributed by atoms with Crippen LogP contribution in [0.15, 0.2) is 24.3 Å². The van der Waals surface area contributed by atoms with Crippen molar-refractivity contribution in [3.63, 3.8) is 0 Å². The third-order valence-corrected chi connectivity index (χ3v) is 3.75. The highest BCUT2D eigenvalue weighted by atomic mass is 14.2. The molecule has 1 fully saturated rings. The van der Waals surface area contributed by atoms with E-state index in [4.69, 9.17) is 5.26 Å². The Hall–Kier alpha value is -1.29. The van der Waals surface area contributed by atoms with Gasteiger partial charge in [0.1, 0.15) is 0 Å². The minimum atomic E-state index is 0.530. The van der Waals surface area contributed by atoms with Gasteiger partial charge in [0.05, 0.1) is 12.5 Å². The second-order valence-corrected chi connectivity index (χ2v) is 5.03. The highest BCUT2D eigenvalue weighted by Gasteiger charge is 2.19. The molecular weight excluding hydrogens is 194 g/mol. The highest BCUT2D eigenvalue weighted by Crippen LogP contribution is 2.35. The first-order valence-corrected chi connectivity index (χ1v) is 6.25. The molecule has 84 valence electrons. The normalized spacial score (nSPS) is 25.0. The van der Waals surface area contributed by atoms with Crippen LogP contribution in [0, 0.1) is 17.2 Å². The maximum absolute atomic E-state index is 8.62. The molecule has 0 radical (unpaired) electrons. The Morgan fingerprint density at radius 2 is 1.75 bits per heavy atom. The maximum Gasteiger partial charge on any atom is 0.0669 e. The molecule has 1 aliphatic carbocycles. The summed E-state index contributed by atoms with van der Waals surface area (Å²) in [7, 11) is 0. The van der Waals surface area contributed by atoms with Crippen LogP contribution >= 0.6 is 0 Å². The van der Waals surface area contributed by atoms with Gasteiger partial charge in [0, 0.05) is 0 Å². The van der Waals surface area contributed by atoms with Gasteiger partial charge in [-0.25, -0.2) is 0 Å². The summed E-state index contributed by atoms with van der Waals surface area (Å²) < 4.78 is 0. The Labute approximate surface area is 98.1 Å². The summed E-state index contributed by atoms with van der Waals surface area (Å²) in [6, 6.07) is 10.8. The molecule has 0 aliphatic heterocycles. The highest BCUT2D eigenvalue weighted by molar-refractivity contribution is 5.27.